The predicted molar refractivity (Wildman–Crippen MR) is 81.2 cm³/mol. The zero-order valence-corrected chi connectivity index (χ0v) is 12.4. The highest BCUT2D eigenvalue weighted by molar-refractivity contribution is 5.64. The molecule has 0 amide bonds. The van der Waals surface area contributed by atoms with E-state index in [9.17, 15) is 4.39 Å². The molecule has 1 heterocycles. The van der Waals surface area contributed by atoms with Crippen LogP contribution in [-0.2, 0) is 0 Å². The van der Waals surface area contributed by atoms with Crippen LogP contribution in [0.5, 0.6) is 5.75 Å². The molecule has 0 aliphatic rings. The molecule has 0 radical (unpaired) electrons. The molecule has 5 nitrogen and oxygen atoms in total. The largest absolute Gasteiger partial charge is 0.490 e. The maximum atomic E-state index is 13.3. The van der Waals surface area contributed by atoms with E-state index in [1.54, 1.807) is 13.2 Å². The van der Waals surface area contributed by atoms with E-state index < -0.39 is 0 Å². The third kappa shape index (κ3) is 3.59. The van der Waals surface area contributed by atoms with Crippen molar-refractivity contribution in [3.05, 3.63) is 42.0 Å². The molecule has 1 atom stereocenters. The number of anilines is 2. The second-order valence-corrected chi connectivity index (χ2v) is 4.56. The van der Waals surface area contributed by atoms with Gasteiger partial charge >= 0.3 is 0 Å². The SMILES string of the molecule is CCNc1ncnc(NC(C)c2cccc(F)c2)c1OC. The zero-order valence-electron chi connectivity index (χ0n) is 12.4. The van der Waals surface area contributed by atoms with Crippen molar-refractivity contribution in [3.8, 4) is 5.75 Å². The molecule has 21 heavy (non-hydrogen) atoms. The number of rotatable bonds is 6. The van der Waals surface area contributed by atoms with Gasteiger partial charge in [-0.1, -0.05) is 12.1 Å². The summed E-state index contributed by atoms with van der Waals surface area (Å²) in [7, 11) is 1.57. The number of benzene rings is 1. The third-order valence-electron chi connectivity index (χ3n) is 3.05. The van der Waals surface area contributed by atoms with Crippen LogP contribution in [-0.4, -0.2) is 23.6 Å². The van der Waals surface area contributed by atoms with Crippen molar-refractivity contribution < 1.29 is 9.13 Å². The Kier molecular flexibility index (Phi) is 4.92. The van der Waals surface area contributed by atoms with Gasteiger partial charge in [0.25, 0.3) is 0 Å². The molecule has 0 bridgehead atoms. The molecule has 6 heteroatoms. The van der Waals surface area contributed by atoms with Crippen LogP contribution >= 0.6 is 0 Å². The van der Waals surface area contributed by atoms with Gasteiger partial charge in [-0.25, -0.2) is 14.4 Å². The molecular formula is C15H19FN4O. The number of nitrogens with one attached hydrogen (secondary N) is 2. The second kappa shape index (κ2) is 6.88. The molecule has 0 spiro atoms. The van der Waals surface area contributed by atoms with Gasteiger partial charge in [0.15, 0.2) is 11.6 Å². The first kappa shape index (κ1) is 15.0. The minimum absolute atomic E-state index is 0.112. The number of aromatic nitrogens is 2. The average molecular weight is 290 g/mol. The maximum Gasteiger partial charge on any atom is 0.204 e. The monoisotopic (exact) mass is 290 g/mol. The molecule has 2 N–H and O–H groups in total. The van der Waals surface area contributed by atoms with Crippen LogP contribution in [0.4, 0.5) is 16.0 Å². The van der Waals surface area contributed by atoms with Gasteiger partial charge in [-0.3, -0.25) is 0 Å². The van der Waals surface area contributed by atoms with Crippen LogP contribution in [0.15, 0.2) is 30.6 Å². The minimum atomic E-state index is -0.260. The third-order valence-corrected chi connectivity index (χ3v) is 3.05. The molecule has 0 aliphatic carbocycles. The molecule has 1 unspecified atom stereocenters. The Morgan fingerprint density at radius 1 is 1.29 bits per heavy atom. The molecule has 1 aromatic carbocycles. The van der Waals surface area contributed by atoms with Crippen molar-refractivity contribution in [1.29, 1.82) is 0 Å². The van der Waals surface area contributed by atoms with E-state index in [1.807, 2.05) is 19.9 Å². The Morgan fingerprint density at radius 2 is 2.05 bits per heavy atom. The summed E-state index contributed by atoms with van der Waals surface area (Å²) in [6, 6.07) is 6.35. The summed E-state index contributed by atoms with van der Waals surface area (Å²) in [6.07, 6.45) is 1.46. The van der Waals surface area contributed by atoms with Crippen molar-refractivity contribution >= 4 is 11.6 Å². The topological polar surface area (TPSA) is 59.1 Å². The first-order valence-electron chi connectivity index (χ1n) is 6.80. The number of halogens is 1. The van der Waals surface area contributed by atoms with Crippen molar-refractivity contribution in [3.63, 3.8) is 0 Å². The Labute approximate surface area is 123 Å². The van der Waals surface area contributed by atoms with Gasteiger partial charge in [-0.2, -0.15) is 0 Å². The molecule has 2 rings (SSSR count). The molecule has 0 fully saturated rings. The van der Waals surface area contributed by atoms with Crippen molar-refractivity contribution in [2.75, 3.05) is 24.3 Å². The highest BCUT2D eigenvalue weighted by Crippen LogP contribution is 2.31. The lowest BCUT2D eigenvalue weighted by molar-refractivity contribution is 0.414. The van der Waals surface area contributed by atoms with Crippen LogP contribution in [0.2, 0.25) is 0 Å². The standard InChI is InChI=1S/C15H19FN4O/c1-4-17-14-13(21-3)15(19-9-18-14)20-10(2)11-6-5-7-12(16)8-11/h5-10H,4H2,1-3H3,(H2,17,18,19,20). The average Bonchev–Trinajstić information content (AvgIpc) is 2.48. The lowest BCUT2D eigenvalue weighted by Crippen LogP contribution is -2.11. The first-order valence-corrected chi connectivity index (χ1v) is 6.80. The molecule has 0 saturated carbocycles. The number of hydrogen-bond acceptors (Lipinski definition) is 5. The molecule has 0 saturated heterocycles. The normalized spacial score (nSPS) is 11.8. The highest BCUT2D eigenvalue weighted by Gasteiger charge is 2.14. The Hall–Kier alpha value is -2.37. The van der Waals surface area contributed by atoms with Crippen LogP contribution in [0, 0.1) is 5.82 Å². The summed E-state index contributed by atoms with van der Waals surface area (Å²) in [5.74, 6) is 1.48. The Morgan fingerprint density at radius 3 is 2.71 bits per heavy atom. The van der Waals surface area contributed by atoms with Gasteiger partial charge in [0, 0.05) is 6.54 Å². The van der Waals surface area contributed by atoms with Crippen LogP contribution < -0.4 is 15.4 Å². The summed E-state index contributed by atoms with van der Waals surface area (Å²) < 4.78 is 18.7. The van der Waals surface area contributed by atoms with Gasteiger partial charge in [-0.15, -0.1) is 0 Å². The van der Waals surface area contributed by atoms with Gasteiger partial charge in [-0.05, 0) is 31.5 Å². The second-order valence-electron chi connectivity index (χ2n) is 4.56. The van der Waals surface area contributed by atoms with E-state index in [2.05, 4.69) is 20.6 Å². The summed E-state index contributed by atoms with van der Waals surface area (Å²) >= 11 is 0. The van der Waals surface area contributed by atoms with Crippen LogP contribution in [0.3, 0.4) is 0 Å². The zero-order chi connectivity index (χ0) is 15.2. The fourth-order valence-corrected chi connectivity index (χ4v) is 2.03. The van der Waals surface area contributed by atoms with E-state index in [0.717, 1.165) is 12.1 Å². The van der Waals surface area contributed by atoms with Crippen molar-refractivity contribution in [1.82, 2.24) is 9.97 Å². The predicted octanol–water partition coefficient (Wildman–Crippen LogP) is 3.23. The van der Waals surface area contributed by atoms with Crippen molar-refractivity contribution in [2.24, 2.45) is 0 Å². The molecule has 0 aliphatic heterocycles. The van der Waals surface area contributed by atoms with Crippen molar-refractivity contribution in [2.45, 2.75) is 19.9 Å². The highest BCUT2D eigenvalue weighted by atomic mass is 19.1. The number of hydrogen-bond donors (Lipinski definition) is 2. The fourth-order valence-electron chi connectivity index (χ4n) is 2.03. The number of nitrogens with zero attached hydrogens (tertiary/aromatic N) is 2. The molecule has 1 aromatic heterocycles. The van der Waals surface area contributed by atoms with E-state index in [-0.39, 0.29) is 11.9 Å². The molecular weight excluding hydrogens is 271 g/mol. The van der Waals surface area contributed by atoms with Gasteiger partial charge in [0.2, 0.25) is 5.75 Å². The molecule has 112 valence electrons. The summed E-state index contributed by atoms with van der Waals surface area (Å²) in [4.78, 5) is 8.35. The smallest absolute Gasteiger partial charge is 0.204 e. The van der Waals surface area contributed by atoms with E-state index >= 15 is 0 Å². The first-order chi connectivity index (χ1) is 10.2. The van der Waals surface area contributed by atoms with E-state index in [0.29, 0.717) is 17.4 Å². The summed E-state index contributed by atoms with van der Waals surface area (Å²) in [5, 5.41) is 6.33. The number of ether oxygens (including phenoxy) is 1. The van der Waals surface area contributed by atoms with Crippen LogP contribution in [0.1, 0.15) is 25.5 Å². The van der Waals surface area contributed by atoms with E-state index in [4.69, 9.17) is 4.74 Å². The Bertz CT molecular complexity index is 606. The summed E-state index contributed by atoms with van der Waals surface area (Å²) in [6.45, 7) is 4.64. The lowest BCUT2D eigenvalue weighted by Gasteiger charge is -2.18. The molecule has 2 aromatic rings. The van der Waals surface area contributed by atoms with Gasteiger partial charge in [0.1, 0.15) is 12.1 Å². The van der Waals surface area contributed by atoms with Crippen LogP contribution in [0.25, 0.3) is 0 Å². The van der Waals surface area contributed by atoms with E-state index in [1.165, 1.54) is 18.5 Å². The quantitative estimate of drug-likeness (QED) is 0.855. The Balaban J connectivity index is 2.24. The minimum Gasteiger partial charge on any atom is -0.490 e. The fraction of sp³-hybridized carbons (Fsp3) is 0.333. The lowest BCUT2D eigenvalue weighted by atomic mass is 10.1. The summed E-state index contributed by atoms with van der Waals surface area (Å²) in [5.41, 5.74) is 0.834. The maximum absolute atomic E-state index is 13.3. The van der Waals surface area contributed by atoms with Gasteiger partial charge < -0.3 is 15.4 Å². The number of methoxy groups -OCH3 is 1. The van der Waals surface area contributed by atoms with Gasteiger partial charge in [0.05, 0.1) is 13.2 Å².